The van der Waals surface area contributed by atoms with Gasteiger partial charge in [0.1, 0.15) is 0 Å². The molecule has 2 aromatic carbocycles. The number of nitrogens with one attached hydrogen (secondary N) is 1. The maximum Gasteiger partial charge on any atom is 0.317 e. The minimum atomic E-state index is -0.850. The van der Waals surface area contributed by atoms with Gasteiger partial charge in [-0.2, -0.15) is 0 Å². The number of halogens is 1. The second kappa shape index (κ2) is 14.8. The normalized spacial score (nSPS) is 11.2. The number of unbranched alkanes of at least 4 members (excludes halogenated alkanes) is 3. The lowest BCUT2D eigenvalue weighted by Gasteiger charge is -2.19. The molecule has 0 fully saturated rings. The molecule has 2 heterocycles. The topological polar surface area (TPSA) is 105 Å². The number of aryl methyl sites for hydroxylation is 1. The van der Waals surface area contributed by atoms with E-state index in [0.29, 0.717) is 30.2 Å². The number of amides is 1. The van der Waals surface area contributed by atoms with E-state index in [4.69, 9.17) is 11.6 Å². The van der Waals surface area contributed by atoms with Gasteiger partial charge in [0.2, 0.25) is 5.91 Å². The summed E-state index contributed by atoms with van der Waals surface area (Å²) in [7, 11) is 0. The first-order chi connectivity index (χ1) is 20.2. The van der Waals surface area contributed by atoms with Crippen LogP contribution in [0.4, 0.5) is 0 Å². The van der Waals surface area contributed by atoms with E-state index in [0.717, 1.165) is 59.1 Å². The van der Waals surface area contributed by atoms with Crippen molar-refractivity contribution in [1.29, 1.82) is 0 Å². The Kier molecular flexibility index (Phi) is 10.9. The maximum absolute atomic E-state index is 13.4. The number of hydrogen-bond acceptors (Lipinski definition) is 5. The molecule has 2 N–H and O–H groups in total. The fourth-order valence-corrected chi connectivity index (χ4v) is 5.32. The molecule has 0 unspecified atom stereocenters. The van der Waals surface area contributed by atoms with Gasteiger partial charge in [-0.3, -0.25) is 28.8 Å². The number of pyridine rings is 1. The predicted octanol–water partition coefficient (Wildman–Crippen LogP) is 5.80. The zero-order valence-corrected chi connectivity index (χ0v) is 24.9. The van der Waals surface area contributed by atoms with E-state index >= 15 is 0 Å². The van der Waals surface area contributed by atoms with Crippen molar-refractivity contribution in [2.75, 3.05) is 19.6 Å². The first-order valence-corrected chi connectivity index (χ1v) is 14.6. The van der Waals surface area contributed by atoms with Crippen molar-refractivity contribution < 1.29 is 19.5 Å². The minimum Gasteiger partial charge on any atom is -0.480 e. The van der Waals surface area contributed by atoms with Gasteiger partial charge in [0.15, 0.2) is 0 Å². The summed E-state index contributed by atoms with van der Waals surface area (Å²) < 4.78 is 1.68. The van der Waals surface area contributed by atoms with Gasteiger partial charge in [-0.15, -0.1) is 0 Å². The molecular weight excluding hydrogens is 552 g/mol. The number of carboxylic acids is 1. The summed E-state index contributed by atoms with van der Waals surface area (Å²) >= 11 is 6.01. The molecule has 0 aliphatic carbocycles. The van der Waals surface area contributed by atoms with Gasteiger partial charge >= 0.3 is 5.97 Å². The van der Waals surface area contributed by atoms with Crippen LogP contribution in [0.25, 0.3) is 10.9 Å². The van der Waals surface area contributed by atoms with Crippen LogP contribution in [0.1, 0.15) is 58.6 Å². The Morgan fingerprint density at radius 3 is 2.45 bits per heavy atom. The predicted molar refractivity (Wildman–Crippen MR) is 165 cm³/mol. The van der Waals surface area contributed by atoms with Gasteiger partial charge in [0, 0.05) is 41.0 Å². The van der Waals surface area contributed by atoms with E-state index in [-0.39, 0.29) is 24.8 Å². The quantitative estimate of drug-likeness (QED) is 0.180. The molecule has 0 atom stereocenters. The van der Waals surface area contributed by atoms with Crippen LogP contribution in [-0.2, 0) is 22.6 Å². The lowest BCUT2D eigenvalue weighted by atomic mass is 10.1. The maximum atomic E-state index is 13.4. The number of aromatic nitrogens is 2. The van der Waals surface area contributed by atoms with Crippen molar-refractivity contribution in [3.63, 3.8) is 0 Å². The van der Waals surface area contributed by atoms with Crippen LogP contribution >= 0.6 is 11.6 Å². The van der Waals surface area contributed by atoms with Crippen molar-refractivity contribution in [2.45, 2.75) is 52.5 Å². The van der Waals surface area contributed by atoms with Gasteiger partial charge in [0.25, 0.3) is 5.91 Å². The number of aliphatic carboxylic acids is 1. The summed E-state index contributed by atoms with van der Waals surface area (Å²) in [5, 5.41) is 13.7. The highest BCUT2D eigenvalue weighted by Crippen LogP contribution is 2.29. The van der Waals surface area contributed by atoms with E-state index in [9.17, 15) is 19.5 Å². The van der Waals surface area contributed by atoms with E-state index in [2.05, 4.69) is 10.3 Å². The molecule has 0 bridgehead atoms. The molecule has 8 nitrogen and oxygen atoms in total. The highest BCUT2D eigenvalue weighted by molar-refractivity contribution is 6.30. The van der Waals surface area contributed by atoms with Crippen molar-refractivity contribution in [2.24, 2.45) is 0 Å². The molecule has 9 heteroatoms. The molecule has 1 amide bonds. The van der Waals surface area contributed by atoms with Gasteiger partial charge in [-0.1, -0.05) is 42.1 Å². The molecule has 0 saturated heterocycles. The van der Waals surface area contributed by atoms with E-state index < -0.39 is 5.97 Å². The summed E-state index contributed by atoms with van der Waals surface area (Å²) in [6.07, 6.45) is 5.46. The standard InChI is InChI=1S/C33H37ClN4O4/c1-23-10-15-30-29(19-23)28(24(2)38(30)33(42)25-11-13-26(34)14-12-25)20-31(39)36-17-6-3-4-8-18-37(22-32(40)41)21-27-9-5-7-16-35-27/h5,7,9-16,19H,3-4,6,8,17-18,20-22H2,1-2H3,(H,36,39)(H,40,41). The average molecular weight is 589 g/mol. The Morgan fingerprint density at radius 2 is 1.74 bits per heavy atom. The highest BCUT2D eigenvalue weighted by atomic mass is 35.5. The summed E-state index contributed by atoms with van der Waals surface area (Å²) in [4.78, 5) is 43.8. The Balaban J connectivity index is 1.29. The summed E-state index contributed by atoms with van der Waals surface area (Å²) in [6, 6.07) is 18.4. The smallest absolute Gasteiger partial charge is 0.317 e. The zero-order valence-electron chi connectivity index (χ0n) is 24.1. The van der Waals surface area contributed by atoms with E-state index in [1.807, 2.05) is 55.1 Å². The molecule has 4 rings (SSSR count). The van der Waals surface area contributed by atoms with Gasteiger partial charge < -0.3 is 10.4 Å². The summed E-state index contributed by atoms with van der Waals surface area (Å²) in [6.45, 7) is 5.60. The molecule has 220 valence electrons. The fraction of sp³-hybridized carbons (Fsp3) is 0.333. The monoisotopic (exact) mass is 588 g/mol. The number of fused-ring (bicyclic) bond motifs is 1. The number of carbonyl (C=O) groups excluding carboxylic acids is 2. The van der Waals surface area contributed by atoms with Crippen molar-refractivity contribution in [3.05, 3.63) is 100.0 Å². The second-order valence-corrected chi connectivity index (χ2v) is 11.0. The molecule has 4 aromatic rings. The van der Waals surface area contributed by atoms with Gasteiger partial charge in [-0.05, 0) is 87.3 Å². The van der Waals surface area contributed by atoms with Gasteiger partial charge in [0.05, 0.1) is 24.2 Å². The Morgan fingerprint density at radius 1 is 0.976 bits per heavy atom. The SMILES string of the molecule is Cc1ccc2c(c1)c(CC(=O)NCCCCCCN(CC(=O)O)Cc1ccccn1)c(C)n2C(=O)c1ccc(Cl)cc1. The molecule has 42 heavy (non-hydrogen) atoms. The van der Waals surface area contributed by atoms with Crippen LogP contribution < -0.4 is 5.32 Å². The lowest BCUT2D eigenvalue weighted by Crippen LogP contribution is -2.30. The number of nitrogens with zero attached hydrogens (tertiary/aromatic N) is 3. The first-order valence-electron chi connectivity index (χ1n) is 14.2. The van der Waals surface area contributed by atoms with Crippen LogP contribution in [0.15, 0.2) is 66.9 Å². The van der Waals surface area contributed by atoms with Crippen LogP contribution in [0.2, 0.25) is 5.02 Å². The Labute approximate surface area is 251 Å². The first kappa shape index (κ1) is 30.9. The van der Waals surface area contributed by atoms with E-state index in [1.54, 1.807) is 35.0 Å². The van der Waals surface area contributed by atoms with Crippen LogP contribution in [-0.4, -0.2) is 57.0 Å². The number of hydrogen-bond donors (Lipinski definition) is 2. The number of carboxylic acid groups (broad SMARTS) is 1. The van der Waals surface area contributed by atoms with Crippen LogP contribution in [0.5, 0.6) is 0 Å². The lowest BCUT2D eigenvalue weighted by molar-refractivity contribution is -0.138. The largest absolute Gasteiger partial charge is 0.480 e. The molecule has 0 spiro atoms. The molecule has 0 radical (unpaired) electrons. The Hall–Kier alpha value is -4.01. The van der Waals surface area contributed by atoms with Crippen LogP contribution in [0.3, 0.4) is 0 Å². The third-order valence-electron chi connectivity index (χ3n) is 7.32. The zero-order chi connectivity index (χ0) is 30.1. The third-order valence-corrected chi connectivity index (χ3v) is 7.57. The van der Waals surface area contributed by atoms with Gasteiger partial charge in [-0.25, -0.2) is 0 Å². The van der Waals surface area contributed by atoms with E-state index in [1.165, 1.54) is 0 Å². The average Bonchev–Trinajstić information content (AvgIpc) is 3.22. The molecular formula is C33H37ClN4O4. The molecule has 0 saturated carbocycles. The van der Waals surface area contributed by atoms with Crippen molar-refractivity contribution in [3.8, 4) is 0 Å². The Bertz CT molecular complexity index is 1530. The number of rotatable bonds is 14. The van der Waals surface area contributed by atoms with Crippen molar-refractivity contribution >= 4 is 40.3 Å². The summed E-state index contributed by atoms with van der Waals surface area (Å²) in [5.74, 6) is -1.09. The van der Waals surface area contributed by atoms with Crippen LogP contribution in [0, 0.1) is 13.8 Å². The third kappa shape index (κ3) is 8.27. The highest BCUT2D eigenvalue weighted by Gasteiger charge is 2.21. The molecule has 0 aliphatic rings. The fourth-order valence-electron chi connectivity index (χ4n) is 5.19. The molecule has 0 aliphatic heterocycles. The summed E-state index contributed by atoms with van der Waals surface area (Å²) in [5.41, 5.74) is 4.81. The van der Waals surface area contributed by atoms with Crippen molar-refractivity contribution in [1.82, 2.24) is 19.8 Å². The number of benzene rings is 2. The molecule has 2 aromatic heterocycles. The number of carbonyl (C=O) groups is 3. The minimum absolute atomic E-state index is 0.0206. The second-order valence-electron chi connectivity index (χ2n) is 10.6.